The van der Waals surface area contributed by atoms with Crippen molar-refractivity contribution < 1.29 is 4.79 Å². The number of hydrogen-bond acceptors (Lipinski definition) is 2. The zero-order chi connectivity index (χ0) is 12.1. The molecular formula is C13H26N2O. The molecule has 0 aromatic heterocycles. The number of carbonyl (C=O) groups excluding carboxylic acids is 1. The molecule has 0 aromatic rings. The Kier molecular flexibility index (Phi) is 5.26. The molecule has 1 saturated carbocycles. The van der Waals surface area contributed by atoms with Crippen LogP contribution in [0.25, 0.3) is 0 Å². The SMILES string of the molecule is CCC(CN)C(=O)NC1CC(C)CC(C)C1. The summed E-state index contributed by atoms with van der Waals surface area (Å²) in [5.74, 6) is 1.60. The van der Waals surface area contributed by atoms with Gasteiger partial charge in [0.2, 0.25) is 5.91 Å². The van der Waals surface area contributed by atoms with Gasteiger partial charge in [0.25, 0.3) is 0 Å². The van der Waals surface area contributed by atoms with Crippen LogP contribution in [-0.2, 0) is 4.79 Å². The molecule has 0 bridgehead atoms. The fourth-order valence-corrected chi connectivity index (χ4v) is 2.84. The van der Waals surface area contributed by atoms with Crippen molar-refractivity contribution in [2.24, 2.45) is 23.5 Å². The second kappa shape index (κ2) is 6.24. The van der Waals surface area contributed by atoms with Crippen LogP contribution >= 0.6 is 0 Å². The summed E-state index contributed by atoms with van der Waals surface area (Å²) < 4.78 is 0. The molecule has 1 amide bonds. The van der Waals surface area contributed by atoms with Crippen molar-refractivity contribution in [3.05, 3.63) is 0 Å². The summed E-state index contributed by atoms with van der Waals surface area (Å²) in [5.41, 5.74) is 5.58. The summed E-state index contributed by atoms with van der Waals surface area (Å²) in [6, 6.07) is 0.367. The van der Waals surface area contributed by atoms with Gasteiger partial charge in [-0.1, -0.05) is 20.8 Å². The molecule has 3 nitrogen and oxygen atoms in total. The maximum absolute atomic E-state index is 11.9. The molecule has 1 rings (SSSR count). The van der Waals surface area contributed by atoms with Crippen molar-refractivity contribution >= 4 is 5.91 Å². The van der Waals surface area contributed by atoms with Crippen molar-refractivity contribution in [2.75, 3.05) is 6.54 Å². The highest BCUT2D eigenvalue weighted by molar-refractivity contribution is 5.79. The van der Waals surface area contributed by atoms with Crippen molar-refractivity contribution in [2.45, 2.75) is 52.5 Å². The predicted molar refractivity (Wildman–Crippen MR) is 66.9 cm³/mol. The average molecular weight is 226 g/mol. The van der Waals surface area contributed by atoms with Crippen LogP contribution in [0.4, 0.5) is 0 Å². The molecule has 0 radical (unpaired) electrons. The van der Waals surface area contributed by atoms with Crippen LogP contribution in [0, 0.1) is 17.8 Å². The molecule has 1 aliphatic carbocycles. The lowest BCUT2D eigenvalue weighted by Gasteiger charge is -2.32. The molecule has 16 heavy (non-hydrogen) atoms. The zero-order valence-corrected chi connectivity index (χ0v) is 10.8. The Balaban J connectivity index is 2.43. The van der Waals surface area contributed by atoms with Crippen LogP contribution in [0.3, 0.4) is 0 Å². The van der Waals surface area contributed by atoms with Gasteiger partial charge in [-0.2, -0.15) is 0 Å². The summed E-state index contributed by atoms with van der Waals surface area (Å²) in [6.07, 6.45) is 4.37. The van der Waals surface area contributed by atoms with Crippen molar-refractivity contribution in [3.63, 3.8) is 0 Å². The monoisotopic (exact) mass is 226 g/mol. The van der Waals surface area contributed by atoms with Crippen LogP contribution in [0.2, 0.25) is 0 Å². The Hall–Kier alpha value is -0.570. The van der Waals surface area contributed by atoms with Crippen LogP contribution in [0.15, 0.2) is 0 Å². The number of nitrogens with two attached hydrogens (primary N) is 1. The van der Waals surface area contributed by atoms with E-state index in [0.717, 1.165) is 31.1 Å². The van der Waals surface area contributed by atoms with Gasteiger partial charge in [-0.25, -0.2) is 0 Å². The van der Waals surface area contributed by atoms with Crippen LogP contribution in [0.1, 0.15) is 46.5 Å². The van der Waals surface area contributed by atoms with Gasteiger partial charge in [0.1, 0.15) is 0 Å². The molecule has 0 spiro atoms. The Bertz CT molecular complexity index is 216. The molecule has 94 valence electrons. The second-order valence-electron chi connectivity index (χ2n) is 5.46. The van der Waals surface area contributed by atoms with E-state index in [1.165, 1.54) is 6.42 Å². The Morgan fingerprint density at radius 2 is 1.88 bits per heavy atom. The van der Waals surface area contributed by atoms with Crippen molar-refractivity contribution in [1.82, 2.24) is 5.32 Å². The normalized spacial score (nSPS) is 32.1. The Labute approximate surface area is 99.2 Å². The number of carbonyl (C=O) groups is 1. The molecule has 0 aromatic carbocycles. The fourth-order valence-electron chi connectivity index (χ4n) is 2.84. The molecule has 3 atom stereocenters. The molecule has 3 N–H and O–H groups in total. The van der Waals surface area contributed by atoms with Gasteiger partial charge >= 0.3 is 0 Å². The number of nitrogens with one attached hydrogen (secondary N) is 1. The van der Waals surface area contributed by atoms with Gasteiger partial charge in [-0.05, 0) is 37.5 Å². The van der Waals surface area contributed by atoms with Gasteiger partial charge in [-0.15, -0.1) is 0 Å². The first-order valence-electron chi connectivity index (χ1n) is 6.57. The lowest BCUT2D eigenvalue weighted by atomic mass is 9.80. The molecule has 3 unspecified atom stereocenters. The van der Waals surface area contributed by atoms with Crippen LogP contribution in [0.5, 0.6) is 0 Å². The molecular weight excluding hydrogens is 200 g/mol. The Morgan fingerprint density at radius 3 is 2.31 bits per heavy atom. The summed E-state index contributed by atoms with van der Waals surface area (Å²) in [7, 11) is 0. The second-order valence-corrected chi connectivity index (χ2v) is 5.46. The lowest BCUT2D eigenvalue weighted by molar-refractivity contribution is -0.125. The first-order chi connectivity index (χ1) is 7.56. The average Bonchev–Trinajstić information content (AvgIpc) is 2.17. The van der Waals surface area contributed by atoms with E-state index in [0.29, 0.717) is 12.6 Å². The third kappa shape index (κ3) is 3.78. The highest BCUT2D eigenvalue weighted by atomic mass is 16.1. The number of rotatable bonds is 4. The van der Waals surface area contributed by atoms with E-state index >= 15 is 0 Å². The van der Waals surface area contributed by atoms with Gasteiger partial charge < -0.3 is 11.1 Å². The van der Waals surface area contributed by atoms with Crippen LogP contribution in [-0.4, -0.2) is 18.5 Å². The number of amides is 1. The van der Waals surface area contributed by atoms with E-state index in [4.69, 9.17) is 5.73 Å². The first kappa shape index (κ1) is 13.5. The van der Waals surface area contributed by atoms with Gasteiger partial charge in [0.05, 0.1) is 0 Å². The highest BCUT2D eigenvalue weighted by Crippen LogP contribution is 2.28. The van der Waals surface area contributed by atoms with Crippen molar-refractivity contribution in [1.29, 1.82) is 0 Å². The molecule has 0 heterocycles. The van der Waals surface area contributed by atoms with Gasteiger partial charge in [0, 0.05) is 18.5 Å². The molecule has 1 aliphatic rings. The minimum absolute atomic E-state index is 0.00691. The summed E-state index contributed by atoms with van der Waals surface area (Å²) in [6.45, 7) is 7.02. The third-order valence-corrected chi connectivity index (χ3v) is 3.67. The third-order valence-electron chi connectivity index (χ3n) is 3.67. The Morgan fingerprint density at radius 1 is 1.31 bits per heavy atom. The highest BCUT2D eigenvalue weighted by Gasteiger charge is 2.26. The maximum atomic E-state index is 11.9. The smallest absolute Gasteiger partial charge is 0.224 e. The van der Waals surface area contributed by atoms with E-state index < -0.39 is 0 Å². The van der Waals surface area contributed by atoms with E-state index in [9.17, 15) is 4.79 Å². The largest absolute Gasteiger partial charge is 0.353 e. The van der Waals surface area contributed by atoms with Gasteiger partial charge in [0.15, 0.2) is 0 Å². The predicted octanol–water partition coefficient (Wildman–Crippen LogP) is 1.91. The number of hydrogen-bond donors (Lipinski definition) is 2. The summed E-state index contributed by atoms with van der Waals surface area (Å²) in [4.78, 5) is 11.9. The molecule has 0 saturated heterocycles. The van der Waals surface area contributed by atoms with E-state index in [1.54, 1.807) is 0 Å². The van der Waals surface area contributed by atoms with E-state index in [1.807, 2.05) is 6.92 Å². The standard InChI is InChI=1S/C13H26N2O/c1-4-11(8-14)13(16)15-12-6-9(2)5-10(3)7-12/h9-12H,4-8,14H2,1-3H3,(H,15,16). The topological polar surface area (TPSA) is 55.1 Å². The first-order valence-corrected chi connectivity index (χ1v) is 6.57. The molecule has 0 aliphatic heterocycles. The maximum Gasteiger partial charge on any atom is 0.224 e. The zero-order valence-electron chi connectivity index (χ0n) is 10.8. The van der Waals surface area contributed by atoms with Crippen LogP contribution < -0.4 is 11.1 Å². The molecule has 3 heteroatoms. The summed E-state index contributed by atoms with van der Waals surface area (Å²) in [5, 5.41) is 3.16. The van der Waals surface area contributed by atoms with E-state index in [2.05, 4.69) is 19.2 Å². The van der Waals surface area contributed by atoms with E-state index in [-0.39, 0.29) is 11.8 Å². The van der Waals surface area contributed by atoms with Gasteiger partial charge in [-0.3, -0.25) is 4.79 Å². The summed E-state index contributed by atoms with van der Waals surface area (Å²) >= 11 is 0. The lowest BCUT2D eigenvalue weighted by Crippen LogP contribution is -2.44. The van der Waals surface area contributed by atoms with Crippen molar-refractivity contribution in [3.8, 4) is 0 Å². The minimum atomic E-state index is -0.00691. The minimum Gasteiger partial charge on any atom is -0.353 e. The quantitative estimate of drug-likeness (QED) is 0.769. The molecule has 1 fully saturated rings. The fraction of sp³-hybridized carbons (Fsp3) is 0.923.